The molecule has 2 aromatic heterocycles. The van der Waals surface area contributed by atoms with E-state index in [1.54, 1.807) is 17.1 Å². The molecule has 6 nitrogen and oxygen atoms in total. The van der Waals surface area contributed by atoms with Crippen LogP contribution >= 0.6 is 0 Å². The number of hydrogen-bond donors (Lipinski definition) is 0. The molecule has 21 heavy (non-hydrogen) atoms. The van der Waals surface area contributed by atoms with Crippen molar-refractivity contribution in [3.8, 4) is 5.75 Å². The Morgan fingerprint density at radius 2 is 2.24 bits per heavy atom. The van der Waals surface area contributed by atoms with Gasteiger partial charge >= 0.3 is 5.63 Å². The molecule has 108 valence electrons. The normalized spacial score (nSPS) is 10.9. The van der Waals surface area contributed by atoms with E-state index in [2.05, 4.69) is 10.1 Å². The summed E-state index contributed by atoms with van der Waals surface area (Å²) in [5, 5.41) is 4.94. The lowest BCUT2D eigenvalue weighted by Gasteiger charge is -2.07. The molecule has 0 aliphatic rings. The molecule has 3 rings (SSSR count). The number of rotatable bonds is 5. The number of aromatic nitrogens is 3. The van der Waals surface area contributed by atoms with E-state index < -0.39 is 0 Å². The van der Waals surface area contributed by atoms with Crippen LogP contribution in [-0.4, -0.2) is 21.4 Å². The fraction of sp³-hybridized carbons (Fsp3) is 0.267. The molecule has 0 saturated carbocycles. The molecule has 0 bridgehead atoms. The Kier molecular flexibility index (Phi) is 3.68. The largest absolute Gasteiger partial charge is 0.493 e. The Labute approximate surface area is 121 Å². The number of hydrogen-bond acceptors (Lipinski definition) is 5. The van der Waals surface area contributed by atoms with Gasteiger partial charge in [0.2, 0.25) is 0 Å². The molecule has 0 atom stereocenters. The second-order valence-corrected chi connectivity index (χ2v) is 4.77. The van der Waals surface area contributed by atoms with Crippen LogP contribution in [0.2, 0.25) is 0 Å². The van der Waals surface area contributed by atoms with E-state index in [1.165, 1.54) is 12.4 Å². The third-order valence-electron chi connectivity index (χ3n) is 3.19. The van der Waals surface area contributed by atoms with Gasteiger partial charge in [0.25, 0.3) is 0 Å². The van der Waals surface area contributed by atoms with Gasteiger partial charge in [0.05, 0.1) is 6.61 Å². The highest BCUT2D eigenvalue weighted by Crippen LogP contribution is 2.22. The van der Waals surface area contributed by atoms with Crippen molar-refractivity contribution >= 4 is 11.0 Å². The van der Waals surface area contributed by atoms with E-state index in [0.29, 0.717) is 17.9 Å². The highest BCUT2D eigenvalue weighted by atomic mass is 16.5. The van der Waals surface area contributed by atoms with Crippen LogP contribution in [0.3, 0.4) is 0 Å². The maximum atomic E-state index is 11.4. The molecule has 3 aromatic rings. The molecule has 0 fully saturated rings. The SMILES string of the molecule is Cc1cc(=O)oc2cc(OCCCn3cncn3)ccc12. The third-order valence-corrected chi connectivity index (χ3v) is 3.19. The molecular formula is C15H15N3O3. The minimum Gasteiger partial charge on any atom is -0.493 e. The number of ether oxygens (including phenoxy) is 1. The number of nitrogens with zero attached hydrogens (tertiary/aromatic N) is 3. The molecule has 2 heterocycles. The summed E-state index contributed by atoms with van der Waals surface area (Å²) in [5.74, 6) is 0.690. The van der Waals surface area contributed by atoms with Crippen LogP contribution in [0.4, 0.5) is 0 Å². The van der Waals surface area contributed by atoms with Crippen molar-refractivity contribution in [2.45, 2.75) is 19.9 Å². The van der Waals surface area contributed by atoms with Crippen LogP contribution in [0.15, 0.2) is 46.1 Å². The van der Waals surface area contributed by atoms with Crippen molar-refractivity contribution in [1.82, 2.24) is 14.8 Å². The summed E-state index contributed by atoms with van der Waals surface area (Å²) in [6.07, 6.45) is 4.00. The average Bonchev–Trinajstić information content (AvgIpc) is 2.96. The van der Waals surface area contributed by atoms with E-state index in [0.717, 1.165) is 23.9 Å². The maximum absolute atomic E-state index is 11.4. The van der Waals surface area contributed by atoms with E-state index in [-0.39, 0.29) is 5.63 Å². The van der Waals surface area contributed by atoms with Crippen LogP contribution in [0, 0.1) is 6.92 Å². The minimum absolute atomic E-state index is 0.344. The van der Waals surface area contributed by atoms with Gasteiger partial charge < -0.3 is 9.15 Å². The van der Waals surface area contributed by atoms with Gasteiger partial charge in [0.15, 0.2) is 0 Å². The van der Waals surface area contributed by atoms with E-state index in [4.69, 9.17) is 9.15 Å². The highest BCUT2D eigenvalue weighted by Gasteiger charge is 2.04. The second-order valence-electron chi connectivity index (χ2n) is 4.77. The lowest BCUT2D eigenvalue weighted by Crippen LogP contribution is -2.05. The van der Waals surface area contributed by atoms with Gasteiger partial charge in [-0.15, -0.1) is 0 Å². The fourth-order valence-electron chi connectivity index (χ4n) is 2.16. The van der Waals surface area contributed by atoms with Crippen LogP contribution in [0.5, 0.6) is 5.75 Å². The van der Waals surface area contributed by atoms with Crippen LogP contribution in [0.25, 0.3) is 11.0 Å². The van der Waals surface area contributed by atoms with E-state index in [1.807, 2.05) is 19.1 Å². The summed E-state index contributed by atoms with van der Waals surface area (Å²) in [7, 11) is 0. The molecule has 1 aromatic carbocycles. The van der Waals surface area contributed by atoms with Gasteiger partial charge in [-0.1, -0.05) is 0 Å². The molecule has 0 spiro atoms. The quantitative estimate of drug-likeness (QED) is 0.530. The highest BCUT2D eigenvalue weighted by molar-refractivity contribution is 5.81. The fourth-order valence-corrected chi connectivity index (χ4v) is 2.16. The summed E-state index contributed by atoms with van der Waals surface area (Å²) in [6, 6.07) is 7.02. The summed E-state index contributed by atoms with van der Waals surface area (Å²) >= 11 is 0. The zero-order chi connectivity index (χ0) is 14.7. The molecule has 0 unspecified atom stereocenters. The zero-order valence-corrected chi connectivity index (χ0v) is 11.7. The summed E-state index contributed by atoms with van der Waals surface area (Å²) < 4.78 is 12.6. The monoisotopic (exact) mass is 285 g/mol. The Hall–Kier alpha value is -2.63. The number of fused-ring (bicyclic) bond motifs is 1. The minimum atomic E-state index is -0.344. The van der Waals surface area contributed by atoms with Gasteiger partial charge in [-0.25, -0.2) is 9.78 Å². The standard InChI is InChI=1S/C15H15N3O3/c1-11-7-15(19)21-14-8-12(3-4-13(11)14)20-6-2-5-18-10-16-9-17-18/h3-4,7-10H,2,5-6H2,1H3. The summed E-state index contributed by atoms with van der Waals surface area (Å²) in [6.45, 7) is 3.20. The number of aryl methyl sites for hydroxylation is 2. The Morgan fingerprint density at radius 1 is 1.33 bits per heavy atom. The Balaban J connectivity index is 1.66. The first-order valence-electron chi connectivity index (χ1n) is 6.72. The predicted octanol–water partition coefficient (Wildman–Crippen LogP) is 2.16. The van der Waals surface area contributed by atoms with Gasteiger partial charge in [0, 0.05) is 30.5 Å². The lowest BCUT2D eigenvalue weighted by molar-refractivity contribution is 0.298. The average molecular weight is 285 g/mol. The van der Waals surface area contributed by atoms with Gasteiger partial charge in [-0.05, 0) is 24.6 Å². The number of benzene rings is 1. The van der Waals surface area contributed by atoms with E-state index >= 15 is 0 Å². The summed E-state index contributed by atoms with van der Waals surface area (Å²) in [4.78, 5) is 15.3. The van der Waals surface area contributed by atoms with Crippen molar-refractivity contribution in [2.24, 2.45) is 0 Å². The molecular weight excluding hydrogens is 270 g/mol. The molecule has 0 N–H and O–H groups in total. The van der Waals surface area contributed by atoms with Crippen LogP contribution < -0.4 is 10.4 Å². The van der Waals surface area contributed by atoms with Crippen molar-refractivity contribution in [3.05, 3.63) is 52.9 Å². The first kappa shape index (κ1) is 13.4. The van der Waals surface area contributed by atoms with Gasteiger partial charge in [-0.3, -0.25) is 4.68 Å². The van der Waals surface area contributed by atoms with Crippen LogP contribution in [0.1, 0.15) is 12.0 Å². The smallest absolute Gasteiger partial charge is 0.336 e. The van der Waals surface area contributed by atoms with Crippen LogP contribution in [-0.2, 0) is 6.54 Å². The third kappa shape index (κ3) is 3.10. The second kappa shape index (κ2) is 5.78. The first-order chi connectivity index (χ1) is 10.2. The maximum Gasteiger partial charge on any atom is 0.336 e. The molecule has 0 aliphatic heterocycles. The Morgan fingerprint density at radius 3 is 3.05 bits per heavy atom. The topological polar surface area (TPSA) is 70.2 Å². The van der Waals surface area contributed by atoms with Crippen molar-refractivity contribution in [2.75, 3.05) is 6.61 Å². The van der Waals surface area contributed by atoms with Crippen molar-refractivity contribution in [3.63, 3.8) is 0 Å². The molecule has 6 heteroatoms. The van der Waals surface area contributed by atoms with Crippen molar-refractivity contribution in [1.29, 1.82) is 0 Å². The van der Waals surface area contributed by atoms with E-state index in [9.17, 15) is 4.79 Å². The molecule has 0 saturated heterocycles. The lowest BCUT2D eigenvalue weighted by atomic mass is 10.1. The van der Waals surface area contributed by atoms with Gasteiger partial charge in [0.1, 0.15) is 24.0 Å². The predicted molar refractivity (Wildman–Crippen MR) is 77.4 cm³/mol. The zero-order valence-electron chi connectivity index (χ0n) is 11.7. The molecule has 0 radical (unpaired) electrons. The molecule has 0 amide bonds. The summed E-state index contributed by atoms with van der Waals surface area (Å²) in [5.41, 5.74) is 1.11. The van der Waals surface area contributed by atoms with Gasteiger partial charge in [-0.2, -0.15) is 5.10 Å². The Bertz CT molecular complexity index is 794. The first-order valence-corrected chi connectivity index (χ1v) is 6.72. The van der Waals surface area contributed by atoms with Crippen molar-refractivity contribution < 1.29 is 9.15 Å². The molecule has 0 aliphatic carbocycles.